The van der Waals surface area contributed by atoms with Crippen LogP contribution in [-0.4, -0.2) is 46.9 Å². The summed E-state index contributed by atoms with van der Waals surface area (Å²) < 4.78 is 0. The second-order valence-electron chi connectivity index (χ2n) is 8.66. The molecule has 1 aliphatic rings. The van der Waals surface area contributed by atoms with Gasteiger partial charge in [-0.05, 0) is 24.1 Å². The predicted octanol–water partition coefficient (Wildman–Crippen LogP) is 4.02. The molecule has 0 spiro atoms. The van der Waals surface area contributed by atoms with Crippen molar-refractivity contribution in [3.05, 3.63) is 101 Å². The van der Waals surface area contributed by atoms with Gasteiger partial charge in [0.25, 0.3) is 0 Å². The zero-order chi connectivity index (χ0) is 23.8. The summed E-state index contributed by atoms with van der Waals surface area (Å²) in [6, 6.07) is 26.3. The van der Waals surface area contributed by atoms with Gasteiger partial charge >= 0.3 is 0 Å². The molecule has 0 aliphatic carbocycles. The summed E-state index contributed by atoms with van der Waals surface area (Å²) in [6.45, 7) is 5.23. The van der Waals surface area contributed by atoms with Gasteiger partial charge in [-0.15, -0.1) is 0 Å². The standard InChI is InChI=1S/C28H31N5O/c1-22-25(13-8-14-30-22)27(20-29)32-15-17-33(18-16-32)28(34)19-26(24-11-6-3-7-12-24)31-21-23-9-4-2-5-10-23/h2-14,26-27,31H,15-19,21H2,1H3. The van der Waals surface area contributed by atoms with Crippen molar-refractivity contribution in [2.75, 3.05) is 26.2 Å². The fraction of sp³-hybridized carbons (Fsp3) is 0.321. The average molecular weight is 454 g/mol. The maximum atomic E-state index is 13.3. The molecule has 1 aliphatic heterocycles. The van der Waals surface area contributed by atoms with Crippen LogP contribution in [0, 0.1) is 18.3 Å². The lowest BCUT2D eigenvalue weighted by Crippen LogP contribution is -2.50. The number of aromatic nitrogens is 1. The maximum absolute atomic E-state index is 13.3. The van der Waals surface area contributed by atoms with Gasteiger partial charge < -0.3 is 10.2 Å². The molecule has 6 heteroatoms. The van der Waals surface area contributed by atoms with Crippen molar-refractivity contribution >= 4 is 5.91 Å². The van der Waals surface area contributed by atoms with Gasteiger partial charge in [0.05, 0.1) is 6.07 Å². The van der Waals surface area contributed by atoms with Crippen LogP contribution >= 0.6 is 0 Å². The third-order valence-electron chi connectivity index (χ3n) is 6.47. The first-order valence-corrected chi connectivity index (χ1v) is 11.8. The number of piperazine rings is 1. The van der Waals surface area contributed by atoms with Crippen molar-refractivity contribution in [1.29, 1.82) is 5.26 Å². The second kappa shape index (κ2) is 11.6. The highest BCUT2D eigenvalue weighted by Crippen LogP contribution is 2.24. The first kappa shape index (κ1) is 23.6. The van der Waals surface area contributed by atoms with Gasteiger partial charge in [-0.3, -0.25) is 14.7 Å². The Morgan fingerprint density at radius 3 is 2.32 bits per heavy atom. The van der Waals surface area contributed by atoms with Crippen LogP contribution < -0.4 is 5.32 Å². The minimum absolute atomic E-state index is 0.0585. The molecule has 3 aromatic rings. The van der Waals surface area contributed by atoms with Crippen LogP contribution in [0.3, 0.4) is 0 Å². The molecule has 2 aromatic carbocycles. The summed E-state index contributed by atoms with van der Waals surface area (Å²) in [6.07, 6.45) is 2.15. The van der Waals surface area contributed by atoms with E-state index in [1.807, 2.05) is 60.4 Å². The molecule has 4 rings (SSSR count). The molecular formula is C28H31N5O. The zero-order valence-corrected chi connectivity index (χ0v) is 19.6. The summed E-state index contributed by atoms with van der Waals surface area (Å²) in [4.78, 5) is 21.7. The van der Waals surface area contributed by atoms with Crippen LogP contribution in [0.2, 0.25) is 0 Å². The van der Waals surface area contributed by atoms with E-state index in [0.717, 1.165) is 16.8 Å². The number of nitrogens with zero attached hydrogens (tertiary/aromatic N) is 4. The van der Waals surface area contributed by atoms with Crippen molar-refractivity contribution in [1.82, 2.24) is 20.1 Å². The number of carbonyl (C=O) groups excluding carboxylic acids is 1. The number of nitrogens with one attached hydrogen (secondary N) is 1. The van der Waals surface area contributed by atoms with Crippen LogP contribution in [0.4, 0.5) is 0 Å². The Morgan fingerprint density at radius 1 is 1.00 bits per heavy atom. The monoisotopic (exact) mass is 453 g/mol. The van der Waals surface area contributed by atoms with Crippen molar-refractivity contribution < 1.29 is 4.79 Å². The van der Waals surface area contributed by atoms with Crippen LogP contribution in [0.25, 0.3) is 0 Å². The lowest BCUT2D eigenvalue weighted by molar-refractivity contribution is -0.133. The normalized spacial score (nSPS) is 15.9. The van der Waals surface area contributed by atoms with E-state index in [4.69, 9.17) is 0 Å². The Morgan fingerprint density at radius 2 is 1.68 bits per heavy atom. The van der Waals surface area contributed by atoms with Crippen LogP contribution in [0.5, 0.6) is 0 Å². The molecule has 1 aromatic heterocycles. The summed E-state index contributed by atoms with van der Waals surface area (Å²) >= 11 is 0. The molecule has 0 radical (unpaired) electrons. The lowest BCUT2D eigenvalue weighted by Gasteiger charge is -2.37. The predicted molar refractivity (Wildman–Crippen MR) is 133 cm³/mol. The van der Waals surface area contributed by atoms with E-state index in [1.54, 1.807) is 6.20 Å². The van der Waals surface area contributed by atoms with Crippen molar-refractivity contribution in [3.63, 3.8) is 0 Å². The molecule has 1 N–H and O–H groups in total. The van der Waals surface area contributed by atoms with E-state index in [2.05, 4.69) is 45.5 Å². The van der Waals surface area contributed by atoms with Gasteiger partial charge in [-0.2, -0.15) is 5.26 Å². The highest BCUT2D eigenvalue weighted by molar-refractivity contribution is 5.77. The fourth-order valence-corrected chi connectivity index (χ4v) is 4.50. The largest absolute Gasteiger partial charge is 0.340 e. The number of pyridine rings is 1. The molecule has 0 bridgehead atoms. The third-order valence-corrected chi connectivity index (χ3v) is 6.47. The number of rotatable bonds is 8. The van der Waals surface area contributed by atoms with Gasteiger partial charge in [0, 0.05) is 62.6 Å². The van der Waals surface area contributed by atoms with E-state index in [0.29, 0.717) is 39.1 Å². The molecule has 0 saturated carbocycles. The minimum atomic E-state index is -0.337. The van der Waals surface area contributed by atoms with Crippen molar-refractivity contribution in [2.45, 2.75) is 32.0 Å². The molecule has 2 atom stereocenters. The molecule has 1 amide bonds. The topological polar surface area (TPSA) is 72.3 Å². The third kappa shape index (κ3) is 5.88. The summed E-state index contributed by atoms with van der Waals surface area (Å²) in [5, 5.41) is 13.4. The van der Waals surface area contributed by atoms with E-state index >= 15 is 0 Å². The molecule has 1 fully saturated rings. The molecule has 174 valence electrons. The van der Waals surface area contributed by atoms with Gasteiger partial charge in [0.2, 0.25) is 5.91 Å². The number of nitriles is 1. The van der Waals surface area contributed by atoms with Crippen molar-refractivity contribution in [3.8, 4) is 6.07 Å². The molecule has 2 unspecified atom stereocenters. The number of benzene rings is 2. The minimum Gasteiger partial charge on any atom is -0.340 e. The Balaban J connectivity index is 1.38. The molecule has 34 heavy (non-hydrogen) atoms. The maximum Gasteiger partial charge on any atom is 0.224 e. The second-order valence-corrected chi connectivity index (χ2v) is 8.66. The van der Waals surface area contributed by atoms with Crippen LogP contribution in [0.1, 0.15) is 40.9 Å². The SMILES string of the molecule is Cc1ncccc1C(C#N)N1CCN(C(=O)CC(NCc2ccccc2)c2ccccc2)CC1. The Hall–Kier alpha value is -3.53. The quantitative estimate of drug-likeness (QED) is 0.558. The van der Waals surface area contributed by atoms with Gasteiger partial charge in [-0.25, -0.2) is 0 Å². The zero-order valence-electron chi connectivity index (χ0n) is 19.6. The van der Waals surface area contributed by atoms with Crippen molar-refractivity contribution in [2.24, 2.45) is 0 Å². The fourth-order valence-electron chi connectivity index (χ4n) is 4.50. The highest BCUT2D eigenvalue weighted by Gasteiger charge is 2.29. The number of carbonyl (C=O) groups is 1. The Labute approximate surface area is 201 Å². The Kier molecular flexibility index (Phi) is 8.03. The first-order chi connectivity index (χ1) is 16.7. The van der Waals surface area contributed by atoms with Crippen LogP contribution in [-0.2, 0) is 11.3 Å². The van der Waals surface area contributed by atoms with Crippen LogP contribution in [0.15, 0.2) is 79.0 Å². The lowest BCUT2D eigenvalue weighted by atomic mass is 10.0. The van der Waals surface area contributed by atoms with E-state index in [1.165, 1.54) is 5.56 Å². The summed E-state index contributed by atoms with van der Waals surface area (Å²) in [5.74, 6) is 0.139. The number of aryl methyl sites for hydroxylation is 1. The number of amides is 1. The molecule has 1 saturated heterocycles. The first-order valence-electron chi connectivity index (χ1n) is 11.8. The van der Waals surface area contributed by atoms with E-state index in [-0.39, 0.29) is 18.0 Å². The smallest absolute Gasteiger partial charge is 0.224 e. The Bertz CT molecular complexity index is 1100. The van der Waals surface area contributed by atoms with Gasteiger partial charge in [0.1, 0.15) is 6.04 Å². The van der Waals surface area contributed by atoms with E-state index in [9.17, 15) is 10.1 Å². The molecular weight excluding hydrogens is 422 g/mol. The highest BCUT2D eigenvalue weighted by atomic mass is 16.2. The summed E-state index contributed by atoms with van der Waals surface area (Å²) in [5.41, 5.74) is 4.13. The van der Waals surface area contributed by atoms with E-state index < -0.39 is 0 Å². The number of hydrogen-bond acceptors (Lipinski definition) is 5. The average Bonchev–Trinajstić information content (AvgIpc) is 2.89. The molecule has 2 heterocycles. The summed E-state index contributed by atoms with van der Waals surface area (Å²) in [7, 11) is 0. The van der Waals surface area contributed by atoms with Gasteiger partial charge in [-0.1, -0.05) is 66.7 Å². The van der Waals surface area contributed by atoms with Gasteiger partial charge in [0.15, 0.2) is 0 Å². The molecule has 6 nitrogen and oxygen atoms in total. The number of hydrogen-bond donors (Lipinski definition) is 1.